The van der Waals surface area contributed by atoms with Crippen molar-refractivity contribution in [2.75, 3.05) is 7.11 Å². The lowest BCUT2D eigenvalue weighted by atomic mass is 10.1. The first-order chi connectivity index (χ1) is 11.2. The van der Waals surface area contributed by atoms with Crippen molar-refractivity contribution in [2.45, 2.75) is 12.6 Å². The van der Waals surface area contributed by atoms with Crippen LogP contribution in [0.5, 0.6) is 5.75 Å². The Labute approximate surface area is 138 Å². The molecule has 0 spiro atoms. The SMILES string of the molecule is COc1ccc(Cn2nnnc2C(O)c2ccccc2Cl)cc1. The molecule has 1 N–H and O–H groups in total. The summed E-state index contributed by atoms with van der Waals surface area (Å²) in [7, 11) is 1.62. The maximum Gasteiger partial charge on any atom is 0.184 e. The third kappa shape index (κ3) is 3.33. The molecule has 0 aliphatic heterocycles. The molecule has 0 fully saturated rings. The van der Waals surface area contributed by atoms with Gasteiger partial charge in [-0.3, -0.25) is 0 Å². The second-order valence-electron chi connectivity index (χ2n) is 4.97. The summed E-state index contributed by atoms with van der Waals surface area (Å²) in [6.45, 7) is 0.438. The van der Waals surface area contributed by atoms with Crippen LogP contribution < -0.4 is 4.74 Å². The van der Waals surface area contributed by atoms with Gasteiger partial charge < -0.3 is 9.84 Å². The Morgan fingerprint density at radius 2 is 1.91 bits per heavy atom. The van der Waals surface area contributed by atoms with Crippen LogP contribution >= 0.6 is 11.6 Å². The standard InChI is InChI=1S/C16H15ClN4O2/c1-23-12-8-6-11(7-9-12)10-21-16(18-19-20-21)15(22)13-4-2-3-5-14(13)17/h2-9,15,22H,10H2,1H3. The van der Waals surface area contributed by atoms with Gasteiger partial charge in [0.2, 0.25) is 0 Å². The van der Waals surface area contributed by atoms with Crippen LogP contribution in [0.4, 0.5) is 0 Å². The lowest BCUT2D eigenvalue weighted by Crippen LogP contribution is -2.12. The first-order valence-corrected chi connectivity index (χ1v) is 7.38. The lowest BCUT2D eigenvalue weighted by molar-refractivity contribution is 0.203. The molecule has 1 aromatic heterocycles. The smallest absolute Gasteiger partial charge is 0.184 e. The van der Waals surface area contributed by atoms with Gasteiger partial charge in [-0.1, -0.05) is 41.9 Å². The molecule has 0 amide bonds. The lowest BCUT2D eigenvalue weighted by Gasteiger charge is -2.12. The van der Waals surface area contributed by atoms with Gasteiger partial charge in [0, 0.05) is 10.6 Å². The Hall–Kier alpha value is -2.44. The number of ether oxygens (including phenoxy) is 1. The van der Waals surface area contributed by atoms with E-state index in [4.69, 9.17) is 16.3 Å². The largest absolute Gasteiger partial charge is 0.497 e. The normalized spacial score (nSPS) is 12.1. The van der Waals surface area contributed by atoms with Crippen LogP contribution in [0.3, 0.4) is 0 Å². The van der Waals surface area contributed by atoms with Crippen LogP contribution in [-0.2, 0) is 6.54 Å². The van der Waals surface area contributed by atoms with Crippen molar-refractivity contribution in [1.82, 2.24) is 20.2 Å². The summed E-state index contributed by atoms with van der Waals surface area (Å²) in [5.41, 5.74) is 1.56. The van der Waals surface area contributed by atoms with Crippen molar-refractivity contribution in [1.29, 1.82) is 0 Å². The third-order valence-corrected chi connectivity index (χ3v) is 3.84. The van der Waals surface area contributed by atoms with E-state index in [1.165, 1.54) is 0 Å². The minimum absolute atomic E-state index is 0.342. The number of methoxy groups -OCH3 is 1. The third-order valence-electron chi connectivity index (χ3n) is 3.50. The van der Waals surface area contributed by atoms with Crippen molar-refractivity contribution in [3.8, 4) is 5.75 Å². The number of aliphatic hydroxyl groups excluding tert-OH is 1. The van der Waals surface area contributed by atoms with Gasteiger partial charge in [0.05, 0.1) is 13.7 Å². The number of nitrogens with zero attached hydrogens (tertiary/aromatic N) is 4. The quantitative estimate of drug-likeness (QED) is 0.778. The Morgan fingerprint density at radius 3 is 2.61 bits per heavy atom. The summed E-state index contributed by atoms with van der Waals surface area (Å²) in [6.07, 6.45) is -0.989. The van der Waals surface area contributed by atoms with Gasteiger partial charge in [0.25, 0.3) is 0 Å². The highest BCUT2D eigenvalue weighted by Crippen LogP contribution is 2.26. The van der Waals surface area contributed by atoms with Crippen molar-refractivity contribution in [3.05, 3.63) is 70.5 Å². The van der Waals surface area contributed by atoms with Crippen molar-refractivity contribution in [2.24, 2.45) is 0 Å². The number of halogens is 1. The summed E-state index contributed by atoms with van der Waals surface area (Å²) < 4.78 is 6.69. The molecule has 3 aromatic rings. The fourth-order valence-corrected chi connectivity index (χ4v) is 2.50. The van der Waals surface area contributed by atoms with Gasteiger partial charge in [0.1, 0.15) is 11.9 Å². The number of rotatable bonds is 5. The minimum atomic E-state index is -0.989. The summed E-state index contributed by atoms with van der Waals surface area (Å²) in [5.74, 6) is 1.12. The van der Waals surface area contributed by atoms with Gasteiger partial charge in [-0.15, -0.1) is 5.10 Å². The highest BCUT2D eigenvalue weighted by atomic mass is 35.5. The Balaban J connectivity index is 1.85. The number of aliphatic hydroxyl groups is 1. The topological polar surface area (TPSA) is 73.1 Å². The summed E-state index contributed by atoms with van der Waals surface area (Å²) >= 11 is 6.13. The molecule has 0 saturated heterocycles. The minimum Gasteiger partial charge on any atom is -0.497 e. The molecule has 118 valence electrons. The Morgan fingerprint density at radius 1 is 1.17 bits per heavy atom. The molecule has 3 rings (SSSR count). The molecule has 1 atom stereocenters. The molecule has 1 heterocycles. The fraction of sp³-hybridized carbons (Fsp3) is 0.188. The fourth-order valence-electron chi connectivity index (χ4n) is 2.26. The van der Waals surface area contributed by atoms with Gasteiger partial charge >= 0.3 is 0 Å². The number of hydrogen-bond donors (Lipinski definition) is 1. The van der Waals surface area contributed by atoms with E-state index in [0.717, 1.165) is 11.3 Å². The van der Waals surface area contributed by atoms with Crippen LogP contribution in [0.15, 0.2) is 48.5 Å². The van der Waals surface area contributed by atoms with E-state index in [1.54, 1.807) is 30.0 Å². The predicted octanol–water partition coefficient (Wildman–Crippen LogP) is 2.47. The zero-order valence-electron chi connectivity index (χ0n) is 12.4. The van der Waals surface area contributed by atoms with Gasteiger partial charge in [-0.2, -0.15) is 0 Å². The van der Waals surface area contributed by atoms with Gasteiger partial charge in [0.15, 0.2) is 5.82 Å². The second-order valence-corrected chi connectivity index (χ2v) is 5.37. The molecule has 6 nitrogen and oxygen atoms in total. The molecule has 0 radical (unpaired) electrons. The van der Waals surface area contributed by atoms with E-state index in [2.05, 4.69) is 15.5 Å². The molecule has 1 unspecified atom stereocenters. The van der Waals surface area contributed by atoms with Crippen LogP contribution in [0.25, 0.3) is 0 Å². The zero-order chi connectivity index (χ0) is 16.2. The molecular weight excluding hydrogens is 316 g/mol. The maximum atomic E-state index is 10.5. The van der Waals surface area contributed by atoms with Crippen LogP contribution in [0, 0.1) is 0 Å². The zero-order valence-corrected chi connectivity index (χ0v) is 13.2. The molecular formula is C16H15ClN4O2. The second kappa shape index (κ2) is 6.76. The Bertz CT molecular complexity index is 789. The number of tetrazole rings is 1. The first-order valence-electron chi connectivity index (χ1n) is 7.00. The molecule has 23 heavy (non-hydrogen) atoms. The molecule has 0 saturated carbocycles. The van der Waals surface area contributed by atoms with E-state index in [0.29, 0.717) is 23.0 Å². The van der Waals surface area contributed by atoms with Crippen molar-refractivity contribution < 1.29 is 9.84 Å². The van der Waals surface area contributed by atoms with Crippen molar-refractivity contribution in [3.63, 3.8) is 0 Å². The number of hydrogen-bond acceptors (Lipinski definition) is 5. The van der Waals surface area contributed by atoms with Gasteiger partial charge in [-0.05, 0) is 34.2 Å². The Kier molecular flexibility index (Phi) is 4.55. The first kappa shape index (κ1) is 15.5. The highest BCUT2D eigenvalue weighted by Gasteiger charge is 2.20. The molecule has 0 aliphatic rings. The van der Waals surface area contributed by atoms with Gasteiger partial charge in [-0.25, -0.2) is 4.68 Å². The van der Waals surface area contributed by atoms with Crippen LogP contribution in [0.1, 0.15) is 23.1 Å². The van der Waals surface area contributed by atoms with E-state index >= 15 is 0 Å². The monoisotopic (exact) mass is 330 g/mol. The van der Waals surface area contributed by atoms with E-state index in [9.17, 15) is 5.11 Å². The average Bonchev–Trinajstić information content (AvgIpc) is 3.03. The van der Waals surface area contributed by atoms with E-state index < -0.39 is 6.10 Å². The molecule has 0 aliphatic carbocycles. The van der Waals surface area contributed by atoms with E-state index in [-0.39, 0.29) is 0 Å². The van der Waals surface area contributed by atoms with Crippen molar-refractivity contribution >= 4 is 11.6 Å². The molecule has 0 bridgehead atoms. The summed E-state index contributed by atoms with van der Waals surface area (Å²) in [6, 6.07) is 14.7. The number of benzene rings is 2. The van der Waals surface area contributed by atoms with Crippen LogP contribution in [-0.4, -0.2) is 32.4 Å². The average molecular weight is 331 g/mol. The summed E-state index contributed by atoms with van der Waals surface area (Å²) in [5, 5.41) is 22.6. The molecule has 7 heteroatoms. The summed E-state index contributed by atoms with van der Waals surface area (Å²) in [4.78, 5) is 0. The maximum absolute atomic E-state index is 10.5. The van der Waals surface area contributed by atoms with Crippen LogP contribution in [0.2, 0.25) is 5.02 Å². The predicted molar refractivity (Wildman–Crippen MR) is 85.4 cm³/mol. The van der Waals surface area contributed by atoms with E-state index in [1.807, 2.05) is 30.3 Å². The highest BCUT2D eigenvalue weighted by molar-refractivity contribution is 6.31. The molecule has 2 aromatic carbocycles. The number of aromatic nitrogens is 4.